The topological polar surface area (TPSA) is 75.3 Å². The minimum Gasteiger partial charge on any atom is -0.322 e. The van der Waals surface area contributed by atoms with Crippen LogP contribution >= 0.6 is 0 Å². The molecule has 1 amide bonds. The minimum absolute atomic E-state index is 0.0101. The number of anilines is 2. The van der Waals surface area contributed by atoms with Crippen molar-refractivity contribution in [3.8, 4) is 0 Å². The summed E-state index contributed by atoms with van der Waals surface area (Å²) in [5.74, 6) is -0.255. The lowest BCUT2D eigenvalue weighted by Crippen LogP contribution is -2.16. The third-order valence-electron chi connectivity index (χ3n) is 5.02. The fourth-order valence-corrected chi connectivity index (χ4v) is 4.57. The molecule has 0 saturated heterocycles. The van der Waals surface area contributed by atoms with Gasteiger partial charge in [0.2, 0.25) is 0 Å². The highest BCUT2D eigenvalue weighted by Gasteiger charge is 2.18. The standard InChI is InChI=1S/C25H28N2O3S/c1-17-9-10-18(2)23(15-17)31(29,30)27-22-8-6-7-21(16-22)26-24(28)19-11-13-20(14-12-19)25(3,4)5/h6-16,27H,1-5H3,(H,26,28). The van der Waals surface area contributed by atoms with E-state index in [0.717, 1.165) is 11.1 Å². The predicted octanol–water partition coefficient (Wildman–Crippen LogP) is 5.65. The van der Waals surface area contributed by atoms with E-state index in [1.807, 2.05) is 25.1 Å². The van der Waals surface area contributed by atoms with Gasteiger partial charge in [-0.1, -0.05) is 51.1 Å². The molecule has 2 N–H and O–H groups in total. The lowest BCUT2D eigenvalue weighted by Gasteiger charge is -2.19. The minimum atomic E-state index is -3.75. The lowest BCUT2D eigenvalue weighted by atomic mass is 9.87. The van der Waals surface area contributed by atoms with E-state index in [2.05, 4.69) is 30.8 Å². The second kappa shape index (κ2) is 8.55. The second-order valence-electron chi connectivity index (χ2n) is 8.74. The number of rotatable bonds is 5. The summed E-state index contributed by atoms with van der Waals surface area (Å²) >= 11 is 0. The van der Waals surface area contributed by atoms with Crippen LogP contribution in [0.1, 0.15) is 47.8 Å². The van der Waals surface area contributed by atoms with Crippen molar-refractivity contribution in [3.63, 3.8) is 0 Å². The first-order valence-electron chi connectivity index (χ1n) is 10.1. The van der Waals surface area contributed by atoms with Crippen molar-refractivity contribution in [3.05, 3.63) is 89.0 Å². The molecule has 3 aromatic rings. The Bertz CT molecular complexity index is 1210. The highest BCUT2D eigenvalue weighted by molar-refractivity contribution is 7.92. The Labute approximate surface area is 184 Å². The van der Waals surface area contributed by atoms with Gasteiger partial charge in [0.15, 0.2) is 0 Å². The number of sulfonamides is 1. The zero-order valence-corrected chi connectivity index (χ0v) is 19.3. The number of hydrogen-bond donors (Lipinski definition) is 2. The van der Waals surface area contributed by atoms with Crippen molar-refractivity contribution in [1.29, 1.82) is 0 Å². The van der Waals surface area contributed by atoms with Gasteiger partial charge in [-0.15, -0.1) is 0 Å². The quantitative estimate of drug-likeness (QED) is 0.542. The first kappa shape index (κ1) is 22.6. The van der Waals surface area contributed by atoms with Crippen LogP contribution in [0, 0.1) is 13.8 Å². The molecule has 5 nitrogen and oxygen atoms in total. The average molecular weight is 437 g/mol. The van der Waals surface area contributed by atoms with Gasteiger partial charge in [-0.2, -0.15) is 0 Å². The summed E-state index contributed by atoms with van der Waals surface area (Å²) in [5.41, 5.74) is 4.11. The van der Waals surface area contributed by atoms with Gasteiger partial charge in [-0.25, -0.2) is 8.42 Å². The number of hydrogen-bond acceptors (Lipinski definition) is 3. The summed E-state index contributed by atoms with van der Waals surface area (Å²) in [7, 11) is -3.75. The van der Waals surface area contributed by atoms with Crippen LogP contribution < -0.4 is 10.0 Å². The Kier molecular flexibility index (Phi) is 6.23. The van der Waals surface area contributed by atoms with Gasteiger partial charge in [0.25, 0.3) is 15.9 Å². The molecule has 0 aliphatic heterocycles. The normalized spacial score (nSPS) is 11.8. The molecule has 0 bridgehead atoms. The molecular weight excluding hydrogens is 408 g/mol. The third kappa shape index (κ3) is 5.52. The Balaban J connectivity index is 1.77. The second-order valence-corrected chi connectivity index (χ2v) is 10.4. The van der Waals surface area contributed by atoms with Crippen LogP contribution in [0.25, 0.3) is 0 Å². The molecule has 3 rings (SSSR count). The highest BCUT2D eigenvalue weighted by Crippen LogP contribution is 2.24. The molecule has 162 valence electrons. The van der Waals surface area contributed by atoms with Gasteiger partial charge >= 0.3 is 0 Å². The fraction of sp³-hybridized carbons (Fsp3) is 0.240. The highest BCUT2D eigenvalue weighted by atomic mass is 32.2. The molecule has 0 saturated carbocycles. The molecule has 0 aliphatic rings. The molecule has 0 spiro atoms. The van der Waals surface area contributed by atoms with Crippen molar-refractivity contribution in [1.82, 2.24) is 0 Å². The number of amides is 1. The molecule has 0 atom stereocenters. The van der Waals surface area contributed by atoms with Gasteiger partial charge in [0.05, 0.1) is 10.6 Å². The monoisotopic (exact) mass is 436 g/mol. The first-order chi connectivity index (χ1) is 14.5. The van der Waals surface area contributed by atoms with Gasteiger partial charge in [0.1, 0.15) is 0 Å². The van der Waals surface area contributed by atoms with Crippen LogP contribution in [0.5, 0.6) is 0 Å². The zero-order chi connectivity index (χ0) is 22.8. The molecule has 3 aromatic carbocycles. The summed E-state index contributed by atoms with van der Waals surface area (Å²) in [6, 6.07) is 19.4. The summed E-state index contributed by atoms with van der Waals surface area (Å²) < 4.78 is 28.3. The Morgan fingerprint density at radius 2 is 1.48 bits per heavy atom. The largest absolute Gasteiger partial charge is 0.322 e. The van der Waals surface area contributed by atoms with E-state index < -0.39 is 10.0 Å². The van der Waals surface area contributed by atoms with E-state index in [-0.39, 0.29) is 16.2 Å². The maximum Gasteiger partial charge on any atom is 0.262 e. The van der Waals surface area contributed by atoms with E-state index in [9.17, 15) is 13.2 Å². The van der Waals surface area contributed by atoms with Crippen molar-refractivity contribution < 1.29 is 13.2 Å². The molecule has 6 heteroatoms. The molecular formula is C25H28N2O3S. The number of carbonyl (C=O) groups excluding carboxylic acids is 1. The molecule has 0 unspecified atom stereocenters. The zero-order valence-electron chi connectivity index (χ0n) is 18.5. The molecule has 31 heavy (non-hydrogen) atoms. The van der Waals surface area contributed by atoms with E-state index >= 15 is 0 Å². The summed E-state index contributed by atoms with van der Waals surface area (Å²) in [5, 5.41) is 2.83. The van der Waals surface area contributed by atoms with Crippen molar-refractivity contribution in [2.45, 2.75) is 44.9 Å². The van der Waals surface area contributed by atoms with Crippen LogP contribution in [-0.4, -0.2) is 14.3 Å². The molecule has 0 heterocycles. The smallest absolute Gasteiger partial charge is 0.262 e. The number of carbonyl (C=O) groups is 1. The summed E-state index contributed by atoms with van der Waals surface area (Å²) in [6.07, 6.45) is 0. The Morgan fingerprint density at radius 1 is 0.839 bits per heavy atom. The van der Waals surface area contributed by atoms with Crippen LogP contribution in [0.3, 0.4) is 0 Å². The van der Waals surface area contributed by atoms with E-state index in [4.69, 9.17) is 0 Å². The van der Waals surface area contributed by atoms with Gasteiger partial charge in [-0.3, -0.25) is 9.52 Å². The number of benzene rings is 3. The van der Waals surface area contributed by atoms with Crippen LogP contribution in [0.4, 0.5) is 11.4 Å². The molecule has 0 aliphatic carbocycles. The number of aryl methyl sites for hydroxylation is 2. The Morgan fingerprint density at radius 3 is 2.13 bits per heavy atom. The van der Waals surface area contributed by atoms with E-state index in [1.54, 1.807) is 55.5 Å². The predicted molar refractivity (Wildman–Crippen MR) is 126 cm³/mol. The maximum atomic E-state index is 12.8. The van der Waals surface area contributed by atoms with Crippen LogP contribution in [0.2, 0.25) is 0 Å². The maximum absolute atomic E-state index is 12.8. The lowest BCUT2D eigenvalue weighted by molar-refractivity contribution is 0.102. The number of nitrogens with one attached hydrogen (secondary N) is 2. The van der Waals surface area contributed by atoms with Crippen LogP contribution in [0.15, 0.2) is 71.6 Å². The van der Waals surface area contributed by atoms with Crippen molar-refractivity contribution in [2.24, 2.45) is 0 Å². The van der Waals surface area contributed by atoms with Crippen LogP contribution in [-0.2, 0) is 15.4 Å². The Hall–Kier alpha value is -3.12. The molecule has 0 fully saturated rings. The molecule has 0 radical (unpaired) electrons. The van der Waals surface area contributed by atoms with Crippen molar-refractivity contribution >= 4 is 27.3 Å². The summed E-state index contributed by atoms with van der Waals surface area (Å²) in [6.45, 7) is 9.96. The third-order valence-corrected chi connectivity index (χ3v) is 6.54. The van der Waals surface area contributed by atoms with Gasteiger partial charge < -0.3 is 5.32 Å². The van der Waals surface area contributed by atoms with E-state index in [1.165, 1.54) is 0 Å². The van der Waals surface area contributed by atoms with Crippen molar-refractivity contribution in [2.75, 3.05) is 10.0 Å². The first-order valence-corrected chi connectivity index (χ1v) is 11.6. The fourth-order valence-electron chi connectivity index (χ4n) is 3.19. The SMILES string of the molecule is Cc1ccc(C)c(S(=O)(=O)Nc2cccc(NC(=O)c3ccc(C(C)(C)C)cc3)c2)c1. The average Bonchev–Trinajstić information content (AvgIpc) is 2.69. The van der Waals surface area contributed by atoms with E-state index in [0.29, 0.717) is 22.5 Å². The van der Waals surface area contributed by atoms with Gasteiger partial charge in [0, 0.05) is 11.3 Å². The van der Waals surface area contributed by atoms with Gasteiger partial charge in [-0.05, 0) is 72.4 Å². The molecule has 0 aromatic heterocycles. The summed E-state index contributed by atoms with van der Waals surface area (Å²) in [4.78, 5) is 12.9.